The van der Waals surface area contributed by atoms with Crippen molar-refractivity contribution in [1.82, 2.24) is 10.2 Å². The highest BCUT2D eigenvalue weighted by atomic mass is 35.5. The van der Waals surface area contributed by atoms with Gasteiger partial charge in [-0.3, -0.25) is 9.59 Å². The van der Waals surface area contributed by atoms with E-state index in [0.717, 1.165) is 18.4 Å². The van der Waals surface area contributed by atoms with E-state index < -0.39 is 6.04 Å². The summed E-state index contributed by atoms with van der Waals surface area (Å²) in [6.07, 6.45) is 1.87. The van der Waals surface area contributed by atoms with Crippen molar-refractivity contribution >= 4 is 23.4 Å². The first-order chi connectivity index (χ1) is 14.5. The Balaban J connectivity index is 2.14. The summed E-state index contributed by atoms with van der Waals surface area (Å²) in [4.78, 5) is 27.1. The van der Waals surface area contributed by atoms with E-state index in [0.29, 0.717) is 23.1 Å². The molecule has 1 atom stereocenters. The molecule has 0 aliphatic rings. The lowest BCUT2D eigenvalue weighted by atomic mass is 10.1. The number of ether oxygens (including phenoxy) is 2. The molecule has 7 heteroatoms. The third kappa shape index (κ3) is 6.95. The number of rotatable bonds is 11. The standard InChI is InChI=1S/C23H29ClN2O4/c1-4-5-13-25-23(28)17(2)26(15-18-9-8-10-19(24)14-18)22(27)16-30-21-12-7-6-11-20(21)29-3/h6-12,14,17H,4-5,13,15-16H2,1-3H3,(H,25,28)/t17-/m0/s1. The summed E-state index contributed by atoms with van der Waals surface area (Å²) in [7, 11) is 1.54. The smallest absolute Gasteiger partial charge is 0.261 e. The summed E-state index contributed by atoms with van der Waals surface area (Å²) in [6, 6.07) is 13.7. The Labute approximate surface area is 183 Å². The third-order valence-corrected chi connectivity index (χ3v) is 4.89. The van der Waals surface area contributed by atoms with Gasteiger partial charge in [0.15, 0.2) is 18.1 Å². The molecule has 0 saturated carbocycles. The molecule has 6 nitrogen and oxygen atoms in total. The first kappa shape index (κ1) is 23.5. The van der Waals surface area contributed by atoms with Gasteiger partial charge in [-0.25, -0.2) is 0 Å². The van der Waals surface area contributed by atoms with Gasteiger partial charge < -0.3 is 19.7 Å². The molecule has 2 amide bonds. The van der Waals surface area contributed by atoms with Crippen LogP contribution >= 0.6 is 11.6 Å². The van der Waals surface area contributed by atoms with Crippen molar-refractivity contribution in [3.8, 4) is 11.5 Å². The molecule has 0 unspecified atom stereocenters. The highest BCUT2D eigenvalue weighted by molar-refractivity contribution is 6.30. The summed E-state index contributed by atoms with van der Waals surface area (Å²) in [5, 5.41) is 3.46. The van der Waals surface area contributed by atoms with Gasteiger partial charge in [-0.05, 0) is 43.2 Å². The van der Waals surface area contributed by atoms with E-state index in [-0.39, 0.29) is 25.0 Å². The Kier molecular flexibility index (Phi) is 9.48. The van der Waals surface area contributed by atoms with Crippen molar-refractivity contribution in [3.63, 3.8) is 0 Å². The van der Waals surface area contributed by atoms with E-state index >= 15 is 0 Å². The van der Waals surface area contributed by atoms with Crippen molar-refractivity contribution < 1.29 is 19.1 Å². The second-order valence-electron chi connectivity index (χ2n) is 6.91. The minimum Gasteiger partial charge on any atom is -0.493 e. The largest absolute Gasteiger partial charge is 0.493 e. The molecule has 0 aliphatic carbocycles. The monoisotopic (exact) mass is 432 g/mol. The number of halogens is 1. The Morgan fingerprint density at radius 1 is 1.13 bits per heavy atom. The highest BCUT2D eigenvalue weighted by Crippen LogP contribution is 2.26. The van der Waals surface area contributed by atoms with Crippen LogP contribution < -0.4 is 14.8 Å². The second kappa shape index (κ2) is 12.1. The number of nitrogens with zero attached hydrogens (tertiary/aromatic N) is 1. The fourth-order valence-corrected chi connectivity index (χ4v) is 3.12. The lowest BCUT2D eigenvalue weighted by molar-refractivity contribution is -0.142. The number of carbonyl (C=O) groups is 2. The average Bonchev–Trinajstić information content (AvgIpc) is 2.75. The summed E-state index contributed by atoms with van der Waals surface area (Å²) >= 11 is 6.09. The summed E-state index contributed by atoms with van der Waals surface area (Å²) in [5.74, 6) is 0.503. The maximum atomic E-state index is 13.0. The Morgan fingerprint density at radius 2 is 1.87 bits per heavy atom. The first-order valence-electron chi connectivity index (χ1n) is 10.0. The molecule has 0 aliphatic heterocycles. The first-order valence-corrected chi connectivity index (χ1v) is 10.4. The average molecular weight is 433 g/mol. The van der Waals surface area contributed by atoms with Crippen LogP contribution in [0.15, 0.2) is 48.5 Å². The SMILES string of the molecule is CCCCNC(=O)[C@H](C)N(Cc1cccc(Cl)c1)C(=O)COc1ccccc1OC. The van der Waals surface area contributed by atoms with Gasteiger partial charge in [0.25, 0.3) is 5.91 Å². The maximum Gasteiger partial charge on any atom is 0.261 e. The predicted octanol–water partition coefficient (Wildman–Crippen LogP) is 4.06. The molecule has 0 spiro atoms. The Bertz CT molecular complexity index is 843. The van der Waals surface area contributed by atoms with Gasteiger partial charge in [0.2, 0.25) is 5.91 Å². The van der Waals surface area contributed by atoms with E-state index in [1.807, 2.05) is 18.2 Å². The van der Waals surface area contributed by atoms with E-state index in [1.165, 1.54) is 12.0 Å². The molecule has 0 radical (unpaired) electrons. The quantitative estimate of drug-likeness (QED) is 0.544. The minimum absolute atomic E-state index is 0.198. The zero-order valence-corrected chi connectivity index (χ0v) is 18.4. The van der Waals surface area contributed by atoms with Gasteiger partial charge in [0.05, 0.1) is 7.11 Å². The van der Waals surface area contributed by atoms with Gasteiger partial charge in [0.1, 0.15) is 6.04 Å². The number of methoxy groups -OCH3 is 1. The van der Waals surface area contributed by atoms with Crippen LogP contribution in [0.25, 0.3) is 0 Å². The molecule has 30 heavy (non-hydrogen) atoms. The molecule has 2 aromatic rings. The normalized spacial score (nSPS) is 11.5. The van der Waals surface area contributed by atoms with Crippen LogP contribution in [0, 0.1) is 0 Å². The van der Waals surface area contributed by atoms with Crippen molar-refractivity contribution in [3.05, 3.63) is 59.1 Å². The van der Waals surface area contributed by atoms with Crippen LogP contribution in [0.5, 0.6) is 11.5 Å². The number of hydrogen-bond donors (Lipinski definition) is 1. The fraction of sp³-hybridized carbons (Fsp3) is 0.391. The molecule has 0 fully saturated rings. The van der Waals surface area contributed by atoms with Gasteiger partial charge in [-0.2, -0.15) is 0 Å². The van der Waals surface area contributed by atoms with Gasteiger partial charge in [0, 0.05) is 18.1 Å². The maximum absolute atomic E-state index is 13.0. The van der Waals surface area contributed by atoms with Gasteiger partial charge >= 0.3 is 0 Å². The summed E-state index contributed by atoms with van der Waals surface area (Å²) < 4.78 is 10.9. The number of carbonyl (C=O) groups excluding carboxylic acids is 2. The van der Waals surface area contributed by atoms with Crippen molar-refractivity contribution in [2.45, 2.75) is 39.3 Å². The van der Waals surface area contributed by atoms with E-state index in [2.05, 4.69) is 12.2 Å². The molecule has 0 aromatic heterocycles. The van der Waals surface area contributed by atoms with E-state index in [4.69, 9.17) is 21.1 Å². The lowest BCUT2D eigenvalue weighted by Crippen LogP contribution is -2.49. The predicted molar refractivity (Wildman–Crippen MR) is 118 cm³/mol. The minimum atomic E-state index is -0.658. The van der Waals surface area contributed by atoms with Crippen molar-refractivity contribution in [2.24, 2.45) is 0 Å². The molecule has 162 valence electrons. The molecular weight excluding hydrogens is 404 g/mol. The molecule has 2 rings (SSSR count). The van der Waals surface area contributed by atoms with E-state index in [9.17, 15) is 9.59 Å². The van der Waals surface area contributed by atoms with E-state index in [1.54, 1.807) is 37.3 Å². The van der Waals surface area contributed by atoms with Crippen LogP contribution in [0.3, 0.4) is 0 Å². The van der Waals surface area contributed by atoms with Gasteiger partial charge in [-0.15, -0.1) is 0 Å². The van der Waals surface area contributed by atoms with Gasteiger partial charge in [-0.1, -0.05) is 49.2 Å². The van der Waals surface area contributed by atoms with Crippen LogP contribution in [0.1, 0.15) is 32.3 Å². The molecule has 1 N–H and O–H groups in total. The zero-order valence-electron chi connectivity index (χ0n) is 17.7. The molecular formula is C23H29ClN2O4. The second-order valence-corrected chi connectivity index (χ2v) is 7.35. The Hall–Kier alpha value is -2.73. The number of amides is 2. The number of nitrogens with one attached hydrogen (secondary N) is 1. The van der Waals surface area contributed by atoms with Crippen LogP contribution in [-0.2, 0) is 16.1 Å². The van der Waals surface area contributed by atoms with Crippen molar-refractivity contribution in [1.29, 1.82) is 0 Å². The van der Waals surface area contributed by atoms with Crippen LogP contribution in [0.2, 0.25) is 5.02 Å². The lowest BCUT2D eigenvalue weighted by Gasteiger charge is -2.29. The Morgan fingerprint density at radius 3 is 2.53 bits per heavy atom. The summed E-state index contributed by atoms with van der Waals surface area (Å²) in [5.41, 5.74) is 0.835. The topological polar surface area (TPSA) is 67.9 Å². The van der Waals surface area contributed by atoms with Crippen molar-refractivity contribution in [2.75, 3.05) is 20.3 Å². The van der Waals surface area contributed by atoms with Crippen LogP contribution in [0.4, 0.5) is 0 Å². The number of benzene rings is 2. The highest BCUT2D eigenvalue weighted by Gasteiger charge is 2.26. The number of para-hydroxylation sites is 2. The number of unbranched alkanes of at least 4 members (excludes halogenated alkanes) is 1. The zero-order chi connectivity index (χ0) is 21.9. The molecule has 0 heterocycles. The third-order valence-electron chi connectivity index (χ3n) is 4.66. The molecule has 0 saturated heterocycles. The molecule has 0 bridgehead atoms. The number of hydrogen-bond acceptors (Lipinski definition) is 4. The molecule has 2 aromatic carbocycles. The van der Waals surface area contributed by atoms with Crippen LogP contribution in [-0.4, -0.2) is 43.0 Å². The summed E-state index contributed by atoms with van der Waals surface area (Å²) in [6.45, 7) is 4.38. The fourth-order valence-electron chi connectivity index (χ4n) is 2.91.